The lowest BCUT2D eigenvalue weighted by Crippen LogP contribution is -2.64. The number of carbonyl (C=O) groups is 11. The Balaban J connectivity index is 1.56. The van der Waals surface area contributed by atoms with Gasteiger partial charge in [-0.2, -0.15) is 0 Å². The van der Waals surface area contributed by atoms with Crippen LogP contribution in [0.25, 0.3) is 0 Å². The molecule has 0 spiro atoms. The molecule has 3 rings (SSSR count). The maximum Gasteiger partial charge on any atom is 0.222 e. The van der Waals surface area contributed by atoms with Crippen molar-refractivity contribution in [3.63, 3.8) is 0 Å². The summed E-state index contributed by atoms with van der Waals surface area (Å²) in [5.74, 6) is -4.28. The molecule has 0 aromatic rings. The van der Waals surface area contributed by atoms with E-state index in [1.54, 1.807) is 0 Å². The fourth-order valence-electron chi connectivity index (χ4n) is 12.0. The van der Waals surface area contributed by atoms with Crippen LogP contribution in [0.2, 0.25) is 0 Å². The van der Waals surface area contributed by atoms with Crippen molar-refractivity contribution in [3.05, 3.63) is 0 Å². The average Bonchev–Trinajstić information content (AvgIpc) is 0.816. The summed E-state index contributed by atoms with van der Waals surface area (Å²) < 4.78 is 51.9. The first-order valence-electron chi connectivity index (χ1n) is 39.2. The number of hydrogen-bond donors (Lipinski definition) is 21. The molecular formula is C72H129N11O30. The van der Waals surface area contributed by atoms with Crippen molar-refractivity contribution in [3.8, 4) is 0 Å². The van der Waals surface area contributed by atoms with Gasteiger partial charge in [-0.05, 0) is 77.0 Å². The van der Waals surface area contributed by atoms with Crippen molar-refractivity contribution in [1.82, 2.24) is 58.5 Å². The molecule has 0 bridgehead atoms. The van der Waals surface area contributed by atoms with E-state index in [2.05, 4.69) is 58.5 Å². The molecule has 3 aliphatic rings. The molecule has 21 N–H and O–H groups in total. The number of aliphatic hydroxyl groups is 10. The second kappa shape index (κ2) is 59.1. The number of ether oxygens (including phenoxy) is 9. The predicted octanol–water partition coefficient (Wildman–Crippen LogP) is -6.84. The van der Waals surface area contributed by atoms with Gasteiger partial charge in [0, 0.05) is 144 Å². The molecule has 41 heteroatoms. The lowest BCUT2D eigenvalue weighted by molar-refractivity contribution is -0.270. The van der Waals surface area contributed by atoms with Crippen molar-refractivity contribution >= 4 is 65.0 Å². The average molecular weight is 1630 g/mol. The Bertz CT molecular complexity index is 2530. The fourth-order valence-corrected chi connectivity index (χ4v) is 12.0. The molecule has 3 heterocycles. The number of carbonyl (C=O) groups excluding carboxylic acids is 11. The lowest BCUT2D eigenvalue weighted by atomic mass is 9.97. The Hall–Kier alpha value is -6.59. The van der Waals surface area contributed by atoms with E-state index in [0.717, 1.165) is 12.8 Å². The molecule has 3 aliphatic heterocycles. The maximum atomic E-state index is 13.9. The van der Waals surface area contributed by atoms with Crippen molar-refractivity contribution in [2.24, 2.45) is 0 Å². The summed E-state index contributed by atoms with van der Waals surface area (Å²) in [6, 6.07) is -3.30. The summed E-state index contributed by atoms with van der Waals surface area (Å²) in [5.41, 5.74) is -1.51. The molecule has 113 heavy (non-hydrogen) atoms. The third-order valence-electron chi connectivity index (χ3n) is 18.2. The SMILES string of the molecule is CC(=O)NC1C(OCCCCC(=O)NCCCNC(=O)CCOCC(COCCC(=O)NCCCNC(=O)CCCCOC2OC(CO)C(O)C(O)C2NC(C)=O)(COCCC(=O)NCCCNC(=O)CCCCOC2OC(CO)C(O)C(O)C2NC(C)=O)NC(=O)CCCC(=O)NCCCCCCO)OC(CO)C(O)C1O. The third kappa shape index (κ3) is 42.7. The van der Waals surface area contributed by atoms with Gasteiger partial charge >= 0.3 is 0 Å². The molecule has 0 aromatic carbocycles. The largest absolute Gasteiger partial charge is 0.396 e. The van der Waals surface area contributed by atoms with Crippen molar-refractivity contribution < 1.29 is 146 Å². The van der Waals surface area contributed by atoms with Crippen LogP contribution in [0.15, 0.2) is 0 Å². The molecule has 652 valence electrons. The topological polar surface area (TPSA) is 605 Å². The van der Waals surface area contributed by atoms with Gasteiger partial charge in [-0.1, -0.05) is 12.8 Å². The molecule has 41 nitrogen and oxygen atoms in total. The number of hydrogen-bond acceptors (Lipinski definition) is 30. The highest BCUT2D eigenvalue weighted by Gasteiger charge is 2.48. The van der Waals surface area contributed by atoms with E-state index in [9.17, 15) is 98.7 Å². The van der Waals surface area contributed by atoms with Gasteiger partial charge in [0.25, 0.3) is 0 Å². The normalized spacial score (nSPS) is 24.0. The molecule has 0 aromatic heterocycles. The summed E-state index contributed by atoms with van der Waals surface area (Å²) in [6.07, 6.45) is -9.27. The lowest BCUT2D eigenvalue weighted by Gasteiger charge is -2.42. The number of aliphatic hydroxyl groups excluding tert-OH is 10. The van der Waals surface area contributed by atoms with E-state index < -0.39 is 159 Å². The summed E-state index contributed by atoms with van der Waals surface area (Å²) in [4.78, 5) is 139. The van der Waals surface area contributed by atoms with E-state index in [-0.39, 0.29) is 187 Å². The summed E-state index contributed by atoms with van der Waals surface area (Å²) in [5, 5.41) is 130. The Morgan fingerprint density at radius 3 is 0.850 bits per heavy atom. The smallest absolute Gasteiger partial charge is 0.222 e. The minimum Gasteiger partial charge on any atom is -0.396 e. The van der Waals surface area contributed by atoms with Gasteiger partial charge in [0.15, 0.2) is 18.9 Å². The highest BCUT2D eigenvalue weighted by Crippen LogP contribution is 2.26. The van der Waals surface area contributed by atoms with Gasteiger partial charge in [0.05, 0.1) is 59.5 Å². The monoisotopic (exact) mass is 1630 g/mol. The second-order valence-corrected chi connectivity index (χ2v) is 28.0. The molecule has 15 atom stereocenters. The first-order chi connectivity index (χ1) is 54.2. The van der Waals surface area contributed by atoms with Gasteiger partial charge in [0.1, 0.15) is 78.6 Å². The fraction of sp³-hybridized carbons (Fsp3) is 0.847. The van der Waals surface area contributed by atoms with E-state index >= 15 is 0 Å². The van der Waals surface area contributed by atoms with E-state index in [1.807, 2.05) is 0 Å². The zero-order valence-electron chi connectivity index (χ0n) is 65.5. The summed E-state index contributed by atoms with van der Waals surface area (Å²) in [6.45, 7) is 2.41. The highest BCUT2D eigenvalue weighted by atomic mass is 16.7. The van der Waals surface area contributed by atoms with Gasteiger partial charge in [-0.25, -0.2) is 0 Å². The first-order valence-corrected chi connectivity index (χ1v) is 39.2. The third-order valence-corrected chi connectivity index (χ3v) is 18.2. The minimum atomic E-state index is -1.51. The molecule has 11 amide bonds. The zero-order chi connectivity index (χ0) is 83.4. The second-order valence-electron chi connectivity index (χ2n) is 28.0. The van der Waals surface area contributed by atoms with Crippen LogP contribution in [0.3, 0.4) is 0 Å². The number of unbranched alkanes of at least 4 members (excludes halogenated alkanes) is 6. The van der Waals surface area contributed by atoms with E-state index in [4.69, 9.17) is 47.7 Å². The Morgan fingerprint density at radius 2 is 0.566 bits per heavy atom. The van der Waals surface area contributed by atoms with Gasteiger partial charge in [0.2, 0.25) is 65.0 Å². The molecule has 15 unspecified atom stereocenters. The van der Waals surface area contributed by atoms with Crippen molar-refractivity contribution in [2.45, 2.75) is 259 Å². The van der Waals surface area contributed by atoms with E-state index in [1.165, 1.54) is 20.8 Å². The predicted molar refractivity (Wildman–Crippen MR) is 397 cm³/mol. The van der Waals surface area contributed by atoms with Crippen LogP contribution in [-0.4, -0.2) is 345 Å². The molecule has 3 fully saturated rings. The number of rotatable bonds is 62. The van der Waals surface area contributed by atoms with Gasteiger partial charge in [-0.15, -0.1) is 0 Å². The zero-order valence-corrected chi connectivity index (χ0v) is 65.5. The van der Waals surface area contributed by atoms with Crippen LogP contribution in [-0.2, 0) is 95.4 Å². The van der Waals surface area contributed by atoms with Crippen LogP contribution in [0.4, 0.5) is 0 Å². The summed E-state index contributed by atoms with van der Waals surface area (Å²) >= 11 is 0. The van der Waals surface area contributed by atoms with Crippen LogP contribution in [0.5, 0.6) is 0 Å². The van der Waals surface area contributed by atoms with Gasteiger partial charge in [-0.3, -0.25) is 52.7 Å². The number of amides is 11. The van der Waals surface area contributed by atoms with Crippen molar-refractivity contribution in [2.75, 3.05) is 132 Å². The molecule has 3 saturated heterocycles. The number of nitrogens with one attached hydrogen (secondary N) is 11. The quantitative estimate of drug-likeness (QED) is 0.0252. The van der Waals surface area contributed by atoms with Crippen molar-refractivity contribution in [1.29, 1.82) is 0 Å². The minimum absolute atomic E-state index is 0.0241. The van der Waals surface area contributed by atoms with Crippen LogP contribution in [0.1, 0.15) is 162 Å². The van der Waals surface area contributed by atoms with Crippen LogP contribution < -0.4 is 58.5 Å². The molecule has 0 saturated carbocycles. The Kier molecular flexibility index (Phi) is 52.6. The maximum absolute atomic E-state index is 13.9. The highest BCUT2D eigenvalue weighted by molar-refractivity contribution is 5.80. The molecule has 0 aliphatic carbocycles. The summed E-state index contributed by atoms with van der Waals surface area (Å²) in [7, 11) is 0. The standard InChI is InChI=1S/C72H129N11O30/c1-46(88)80-60-66(102)63(99)49(40-85)111-69(60)108-34-11-6-18-52(91)74-27-15-30-77-56(95)23-37-105-43-72(83-59(98)22-14-21-55(94)73-26-9-4-5-10-33-84,44-106-38-24-57(96)78-31-16-28-75-53(92)19-7-12-35-109-70-61(81-47(2)89)67(103)64(100)50(41-86)112-70)45-107-39-25-58(97)79-32-17-29-76-54(93)20-8-13-36-110-71-62(82-48(3)90)68(104)65(101)51(42-87)113-71/h49-51,60-71,84-87,99-104H,4-45H2,1-3H3,(H,73,94)(H,74,91)(H,75,92)(H,76,93)(H,77,95)(H,78,96)(H,79,97)(H,80,88)(H,81,89)(H,82,90)(H,83,98). The molecule has 0 radical (unpaired) electrons. The van der Waals surface area contributed by atoms with Crippen LogP contribution in [0, 0.1) is 0 Å². The Labute approximate surface area is 658 Å². The molecular weight excluding hydrogens is 1500 g/mol. The van der Waals surface area contributed by atoms with Gasteiger partial charge < -0.3 is 152 Å². The Morgan fingerprint density at radius 1 is 0.301 bits per heavy atom. The van der Waals surface area contributed by atoms with E-state index in [0.29, 0.717) is 77.2 Å². The van der Waals surface area contributed by atoms with Crippen LogP contribution >= 0.6 is 0 Å². The first kappa shape index (κ1) is 101.